The van der Waals surface area contributed by atoms with Gasteiger partial charge in [-0.25, -0.2) is 0 Å². The van der Waals surface area contributed by atoms with E-state index in [9.17, 15) is 0 Å². The standard InChI is InChI=1S/C19H18N.2C7H7O.Bi/c1-19(2,3)17-13-15(18-10-6-7-11-20-18)12-14-8-4-5-9-16(14)17;2*1-8-7-5-3-2-4-6-7;/h4-5,7-13H,1-3H3;2*3-6H,1H3;. The third kappa shape index (κ3) is 5.41. The number of ether oxygens (including phenoxy) is 2. The first-order valence-corrected chi connectivity index (χ1v) is 17.7. The van der Waals surface area contributed by atoms with Gasteiger partial charge < -0.3 is 0 Å². The number of hydrogen-bond donors (Lipinski definition) is 0. The molecule has 0 aliphatic rings. The molecule has 37 heavy (non-hydrogen) atoms. The van der Waals surface area contributed by atoms with Crippen LogP contribution in [0.5, 0.6) is 11.5 Å². The molecular formula is C33H32BiNO2. The van der Waals surface area contributed by atoms with Crippen molar-refractivity contribution in [2.75, 3.05) is 14.2 Å². The van der Waals surface area contributed by atoms with Crippen molar-refractivity contribution in [1.82, 2.24) is 4.98 Å². The van der Waals surface area contributed by atoms with Crippen molar-refractivity contribution >= 4 is 42.3 Å². The van der Waals surface area contributed by atoms with E-state index in [1.165, 1.54) is 31.7 Å². The van der Waals surface area contributed by atoms with E-state index in [4.69, 9.17) is 14.5 Å². The van der Waals surface area contributed by atoms with E-state index in [0.717, 1.165) is 17.2 Å². The van der Waals surface area contributed by atoms with Gasteiger partial charge in [0, 0.05) is 0 Å². The molecule has 0 fully saturated rings. The van der Waals surface area contributed by atoms with Crippen molar-refractivity contribution in [2.24, 2.45) is 0 Å². The number of nitrogens with zero attached hydrogens (tertiary/aromatic N) is 1. The topological polar surface area (TPSA) is 31.4 Å². The van der Waals surface area contributed by atoms with Crippen LogP contribution in [0.2, 0.25) is 0 Å². The first-order chi connectivity index (χ1) is 17.9. The number of hydrogen-bond acceptors (Lipinski definition) is 3. The Bertz CT molecular complexity index is 1470. The van der Waals surface area contributed by atoms with Crippen LogP contribution >= 0.6 is 0 Å². The third-order valence-corrected chi connectivity index (χ3v) is 16.1. The number of pyridine rings is 1. The molecule has 4 heteroatoms. The molecule has 186 valence electrons. The molecule has 0 radical (unpaired) electrons. The van der Waals surface area contributed by atoms with Crippen molar-refractivity contribution in [3.63, 3.8) is 0 Å². The zero-order chi connectivity index (χ0) is 26.0. The van der Waals surface area contributed by atoms with Gasteiger partial charge in [-0.1, -0.05) is 0 Å². The molecule has 5 rings (SSSR count). The number of fused-ring (bicyclic) bond motifs is 1. The summed E-state index contributed by atoms with van der Waals surface area (Å²) in [6, 6.07) is 35.0. The summed E-state index contributed by atoms with van der Waals surface area (Å²) in [5.74, 6) is 1.76. The average molecular weight is 684 g/mol. The molecule has 0 N–H and O–H groups in total. The number of methoxy groups -OCH3 is 2. The van der Waals surface area contributed by atoms with Crippen LogP contribution in [0.1, 0.15) is 26.3 Å². The van der Waals surface area contributed by atoms with Crippen LogP contribution in [-0.4, -0.2) is 41.0 Å². The second-order valence-corrected chi connectivity index (χ2v) is 18.8. The van der Waals surface area contributed by atoms with Crippen molar-refractivity contribution in [1.29, 1.82) is 0 Å². The van der Waals surface area contributed by atoms with E-state index in [1.807, 2.05) is 6.20 Å². The van der Waals surface area contributed by atoms with Crippen LogP contribution in [0.15, 0.2) is 103 Å². The number of rotatable bonds is 6. The SMILES string of the molecule is COc1cc[c]([Bi]([c]2ccc(OC)cc2)[c]2ccnc(-c3cc(C(C)(C)C)c4ccccc4c3)c2)cc1. The van der Waals surface area contributed by atoms with Gasteiger partial charge in [0.05, 0.1) is 0 Å². The Morgan fingerprint density at radius 1 is 0.649 bits per heavy atom. The minimum absolute atomic E-state index is 0.0286. The van der Waals surface area contributed by atoms with Gasteiger partial charge in [0.15, 0.2) is 0 Å². The summed E-state index contributed by atoms with van der Waals surface area (Å²) in [5, 5.41) is 2.56. The molecule has 0 atom stereocenters. The van der Waals surface area contributed by atoms with E-state index in [0.29, 0.717) is 0 Å². The monoisotopic (exact) mass is 683 g/mol. The number of aromatic nitrogens is 1. The van der Waals surface area contributed by atoms with Gasteiger partial charge in [-0.15, -0.1) is 0 Å². The van der Waals surface area contributed by atoms with Gasteiger partial charge >= 0.3 is 229 Å². The second-order valence-electron chi connectivity index (χ2n) is 10.1. The van der Waals surface area contributed by atoms with Crippen LogP contribution in [0.4, 0.5) is 0 Å². The van der Waals surface area contributed by atoms with Crippen LogP contribution in [0.25, 0.3) is 22.0 Å². The molecule has 0 saturated carbocycles. The Morgan fingerprint density at radius 3 is 1.81 bits per heavy atom. The summed E-state index contributed by atoms with van der Waals surface area (Å²) in [6.45, 7) is 6.84. The van der Waals surface area contributed by atoms with Crippen LogP contribution < -0.4 is 19.3 Å². The maximum atomic E-state index is 5.44. The van der Waals surface area contributed by atoms with Crippen LogP contribution in [-0.2, 0) is 5.41 Å². The van der Waals surface area contributed by atoms with E-state index in [1.54, 1.807) is 14.2 Å². The Morgan fingerprint density at radius 2 is 1.24 bits per heavy atom. The van der Waals surface area contributed by atoms with E-state index in [-0.39, 0.29) is 5.41 Å². The molecule has 1 heterocycles. The molecule has 1 aromatic heterocycles. The van der Waals surface area contributed by atoms with Crippen molar-refractivity contribution in [3.8, 4) is 22.8 Å². The van der Waals surface area contributed by atoms with Gasteiger partial charge in [0.2, 0.25) is 0 Å². The Labute approximate surface area is 227 Å². The summed E-state index contributed by atoms with van der Waals surface area (Å²) in [5.41, 5.74) is 3.56. The molecule has 0 unspecified atom stereocenters. The molecule has 0 bridgehead atoms. The molecule has 4 aromatic carbocycles. The normalized spacial score (nSPS) is 11.6. The minimum atomic E-state index is -2.62. The summed E-state index contributed by atoms with van der Waals surface area (Å²) in [6.07, 6.45) is 1.98. The predicted octanol–water partition coefficient (Wildman–Crippen LogP) is 5.73. The third-order valence-electron chi connectivity index (χ3n) is 6.63. The van der Waals surface area contributed by atoms with E-state index < -0.39 is 21.8 Å². The van der Waals surface area contributed by atoms with Crippen LogP contribution in [0.3, 0.4) is 0 Å². The van der Waals surface area contributed by atoms with Gasteiger partial charge in [0.1, 0.15) is 0 Å². The fourth-order valence-corrected chi connectivity index (χ4v) is 13.5. The molecule has 3 nitrogen and oxygen atoms in total. The van der Waals surface area contributed by atoms with Gasteiger partial charge in [-0.05, 0) is 0 Å². The van der Waals surface area contributed by atoms with Crippen molar-refractivity contribution < 1.29 is 9.47 Å². The predicted molar refractivity (Wildman–Crippen MR) is 157 cm³/mol. The fraction of sp³-hybridized carbons (Fsp3) is 0.182. The zero-order valence-electron chi connectivity index (χ0n) is 22.0. The Kier molecular flexibility index (Phi) is 7.31. The fourth-order valence-electron chi connectivity index (χ4n) is 4.71. The second kappa shape index (κ2) is 10.6. The molecule has 5 aromatic rings. The molecule has 0 aliphatic heterocycles. The van der Waals surface area contributed by atoms with Crippen molar-refractivity contribution in [2.45, 2.75) is 26.2 Å². The van der Waals surface area contributed by atoms with E-state index in [2.05, 4.69) is 118 Å². The van der Waals surface area contributed by atoms with Gasteiger partial charge in [-0.2, -0.15) is 0 Å². The summed E-state index contributed by atoms with van der Waals surface area (Å²) >= 11 is -2.62. The molecule has 0 spiro atoms. The van der Waals surface area contributed by atoms with Crippen molar-refractivity contribution in [3.05, 3.63) is 109 Å². The summed E-state index contributed by atoms with van der Waals surface area (Å²) < 4.78 is 15.1. The number of benzene rings is 4. The first kappa shape index (κ1) is 25.4. The average Bonchev–Trinajstić information content (AvgIpc) is 2.93. The summed E-state index contributed by atoms with van der Waals surface area (Å²) in [4.78, 5) is 4.86. The zero-order valence-corrected chi connectivity index (χ0v) is 25.5. The Hall–Kier alpha value is -3.23. The quantitative estimate of drug-likeness (QED) is 0.215. The summed E-state index contributed by atoms with van der Waals surface area (Å²) in [7, 11) is 3.42. The molecular weight excluding hydrogens is 651 g/mol. The van der Waals surface area contributed by atoms with Crippen LogP contribution in [0, 0.1) is 0 Å². The molecule has 0 aliphatic carbocycles. The molecule has 0 saturated heterocycles. The van der Waals surface area contributed by atoms with Gasteiger partial charge in [-0.3, -0.25) is 0 Å². The van der Waals surface area contributed by atoms with Gasteiger partial charge in [0.25, 0.3) is 0 Å². The maximum absolute atomic E-state index is 5.44. The molecule has 0 amide bonds. The van der Waals surface area contributed by atoms with E-state index >= 15 is 0 Å². The Balaban J connectivity index is 1.65. The first-order valence-electron chi connectivity index (χ1n) is 12.5.